The normalized spacial score (nSPS) is 21.7. The minimum Gasteiger partial charge on any atom is -0.462 e. The second kappa shape index (κ2) is 6.31. The summed E-state index contributed by atoms with van der Waals surface area (Å²) in [6.45, 7) is 2.01. The molecule has 2 aromatic carbocycles. The second-order valence-corrected chi connectivity index (χ2v) is 6.89. The Balaban J connectivity index is 1.95. The Hall–Kier alpha value is -2.56. The van der Waals surface area contributed by atoms with E-state index in [1.54, 1.807) is 17.8 Å². The van der Waals surface area contributed by atoms with E-state index in [4.69, 9.17) is 16.3 Å². The number of rotatable bonds is 4. The minimum absolute atomic E-state index is 0.351. The first-order valence-corrected chi connectivity index (χ1v) is 8.82. The Morgan fingerprint density at radius 3 is 2.08 bits per heavy atom. The lowest BCUT2D eigenvalue weighted by Crippen LogP contribution is -2.48. The van der Waals surface area contributed by atoms with Crippen molar-refractivity contribution in [2.45, 2.75) is 24.7 Å². The molecule has 3 aromatic rings. The number of halogens is 1. The monoisotopic (exact) mass is 366 g/mol. The van der Waals surface area contributed by atoms with E-state index in [0.29, 0.717) is 17.3 Å². The zero-order valence-electron chi connectivity index (χ0n) is 14.3. The molecule has 1 N–H and O–H groups in total. The maximum Gasteiger partial charge on any atom is 0.223 e. The van der Waals surface area contributed by atoms with Gasteiger partial charge in [0.25, 0.3) is 0 Å². The van der Waals surface area contributed by atoms with E-state index >= 15 is 0 Å². The van der Waals surface area contributed by atoms with E-state index in [1.807, 2.05) is 72.9 Å². The molecule has 0 amide bonds. The Bertz CT molecular complexity index is 880. The minimum atomic E-state index is -1.55. The fourth-order valence-corrected chi connectivity index (χ4v) is 4.24. The first-order chi connectivity index (χ1) is 12.6. The molecule has 1 aliphatic heterocycles. The first-order valence-electron chi connectivity index (χ1n) is 8.45. The van der Waals surface area contributed by atoms with E-state index < -0.39 is 11.2 Å². The lowest BCUT2D eigenvalue weighted by molar-refractivity contribution is -0.176. The molecule has 2 heterocycles. The maximum absolute atomic E-state index is 11.4. The van der Waals surface area contributed by atoms with Crippen molar-refractivity contribution in [3.05, 3.63) is 101 Å². The summed E-state index contributed by atoms with van der Waals surface area (Å²) in [5, 5.41) is 16.1. The highest BCUT2D eigenvalue weighted by Crippen LogP contribution is 2.55. The molecule has 26 heavy (non-hydrogen) atoms. The number of aliphatic hydroxyl groups is 1. The molecule has 1 atom stereocenters. The molecular formula is C21H19ClN2O2. The van der Waals surface area contributed by atoms with Gasteiger partial charge in [-0.3, -0.25) is 4.68 Å². The molecule has 0 fully saturated rings. The molecule has 1 aromatic heterocycles. The lowest BCUT2D eigenvalue weighted by Gasteiger charge is -2.39. The summed E-state index contributed by atoms with van der Waals surface area (Å²) in [5.74, 6) is -1.04. The Morgan fingerprint density at radius 1 is 1.00 bits per heavy atom. The van der Waals surface area contributed by atoms with Crippen LogP contribution in [-0.2, 0) is 16.7 Å². The molecule has 132 valence electrons. The lowest BCUT2D eigenvalue weighted by atomic mass is 9.69. The SMILES string of the molecule is CC1(O)OC(Cn2cccn2)=C(Cl)C1(c1ccccc1)c1ccccc1. The van der Waals surface area contributed by atoms with Crippen LogP contribution in [-0.4, -0.2) is 20.7 Å². The molecule has 1 unspecified atom stereocenters. The fraction of sp³-hybridized carbons (Fsp3) is 0.190. The molecule has 1 aliphatic rings. The largest absolute Gasteiger partial charge is 0.462 e. The van der Waals surface area contributed by atoms with Gasteiger partial charge in [-0.15, -0.1) is 0 Å². The predicted molar refractivity (Wildman–Crippen MR) is 100 cm³/mol. The van der Waals surface area contributed by atoms with Crippen molar-refractivity contribution in [3.8, 4) is 0 Å². The van der Waals surface area contributed by atoms with Crippen LogP contribution in [0.15, 0.2) is 89.9 Å². The van der Waals surface area contributed by atoms with Crippen LogP contribution in [0.3, 0.4) is 0 Å². The molecule has 0 radical (unpaired) electrons. The summed E-state index contributed by atoms with van der Waals surface area (Å²) in [6, 6.07) is 21.3. The van der Waals surface area contributed by atoms with E-state index in [9.17, 15) is 5.11 Å². The van der Waals surface area contributed by atoms with Gasteiger partial charge < -0.3 is 9.84 Å². The smallest absolute Gasteiger partial charge is 0.223 e. The van der Waals surface area contributed by atoms with Gasteiger partial charge in [0.2, 0.25) is 5.79 Å². The van der Waals surface area contributed by atoms with Crippen molar-refractivity contribution in [3.63, 3.8) is 0 Å². The molecule has 4 nitrogen and oxygen atoms in total. The summed E-state index contributed by atoms with van der Waals surface area (Å²) in [6.07, 6.45) is 3.53. The van der Waals surface area contributed by atoms with Gasteiger partial charge in [0.15, 0.2) is 0 Å². The van der Waals surface area contributed by atoms with Crippen molar-refractivity contribution in [1.29, 1.82) is 0 Å². The van der Waals surface area contributed by atoms with Gasteiger partial charge in [-0.05, 0) is 17.2 Å². The molecule has 0 bridgehead atoms. The van der Waals surface area contributed by atoms with Crippen LogP contribution in [0.5, 0.6) is 0 Å². The zero-order chi connectivity index (χ0) is 18.2. The van der Waals surface area contributed by atoms with Crippen LogP contribution in [0.25, 0.3) is 0 Å². The number of allylic oxidation sites excluding steroid dienone is 1. The van der Waals surface area contributed by atoms with Gasteiger partial charge in [-0.1, -0.05) is 72.3 Å². The predicted octanol–water partition coefficient (Wildman–Crippen LogP) is 4.06. The number of benzene rings is 2. The van der Waals surface area contributed by atoms with Gasteiger partial charge in [0, 0.05) is 19.3 Å². The summed E-state index contributed by atoms with van der Waals surface area (Å²) in [4.78, 5) is 0. The van der Waals surface area contributed by atoms with E-state index in [0.717, 1.165) is 11.1 Å². The van der Waals surface area contributed by atoms with Crippen LogP contribution in [0.1, 0.15) is 18.1 Å². The van der Waals surface area contributed by atoms with E-state index in [1.165, 1.54) is 0 Å². The van der Waals surface area contributed by atoms with Gasteiger partial charge >= 0.3 is 0 Å². The van der Waals surface area contributed by atoms with Crippen molar-refractivity contribution in [2.75, 3.05) is 0 Å². The number of hydrogen-bond acceptors (Lipinski definition) is 3. The Kier molecular flexibility index (Phi) is 4.10. The maximum atomic E-state index is 11.4. The number of nitrogens with zero attached hydrogens (tertiary/aromatic N) is 2. The molecular weight excluding hydrogens is 348 g/mol. The van der Waals surface area contributed by atoms with Crippen LogP contribution in [0.2, 0.25) is 0 Å². The third kappa shape index (κ3) is 2.45. The third-order valence-electron chi connectivity index (χ3n) is 4.87. The van der Waals surface area contributed by atoms with Gasteiger partial charge in [0.05, 0.1) is 11.6 Å². The summed E-state index contributed by atoms with van der Waals surface area (Å²) in [5.41, 5.74) is 0.730. The van der Waals surface area contributed by atoms with Crippen LogP contribution in [0, 0.1) is 0 Å². The fourth-order valence-electron chi connectivity index (χ4n) is 3.75. The Labute approximate surface area is 157 Å². The highest BCUT2D eigenvalue weighted by Gasteiger charge is 2.60. The quantitative estimate of drug-likeness (QED) is 0.757. The van der Waals surface area contributed by atoms with Crippen molar-refractivity contribution < 1.29 is 9.84 Å². The number of ether oxygens (including phenoxy) is 1. The average molecular weight is 367 g/mol. The van der Waals surface area contributed by atoms with Crippen molar-refractivity contribution >= 4 is 11.6 Å². The van der Waals surface area contributed by atoms with Crippen molar-refractivity contribution in [1.82, 2.24) is 9.78 Å². The van der Waals surface area contributed by atoms with Crippen molar-refractivity contribution in [2.24, 2.45) is 0 Å². The van der Waals surface area contributed by atoms with E-state index in [2.05, 4.69) is 5.10 Å². The van der Waals surface area contributed by atoms with Crippen LogP contribution < -0.4 is 0 Å². The highest BCUT2D eigenvalue weighted by molar-refractivity contribution is 6.32. The Morgan fingerprint density at radius 2 is 1.58 bits per heavy atom. The summed E-state index contributed by atoms with van der Waals surface area (Å²) < 4.78 is 7.72. The molecule has 5 heteroatoms. The summed E-state index contributed by atoms with van der Waals surface area (Å²) in [7, 11) is 0. The molecule has 0 spiro atoms. The first kappa shape index (κ1) is 16.9. The molecule has 0 saturated carbocycles. The second-order valence-electron chi connectivity index (χ2n) is 6.51. The standard InChI is InChI=1S/C21H19ClN2O2/c1-20(25)21(16-9-4-2-5-10-16,17-11-6-3-7-12-17)19(22)18(26-20)15-24-14-8-13-23-24/h2-14,25H,15H2,1H3. The zero-order valence-corrected chi connectivity index (χ0v) is 15.1. The van der Waals surface area contributed by atoms with E-state index in [-0.39, 0.29) is 0 Å². The molecule has 0 aliphatic carbocycles. The van der Waals surface area contributed by atoms with Crippen LogP contribution in [0.4, 0.5) is 0 Å². The number of hydrogen-bond donors (Lipinski definition) is 1. The topological polar surface area (TPSA) is 47.3 Å². The van der Waals surface area contributed by atoms with Gasteiger partial charge in [-0.2, -0.15) is 5.10 Å². The van der Waals surface area contributed by atoms with Gasteiger partial charge in [0.1, 0.15) is 11.2 Å². The number of aromatic nitrogens is 2. The highest BCUT2D eigenvalue weighted by atomic mass is 35.5. The molecule has 4 rings (SSSR count). The van der Waals surface area contributed by atoms with Crippen LogP contribution >= 0.6 is 11.6 Å². The third-order valence-corrected chi connectivity index (χ3v) is 5.36. The van der Waals surface area contributed by atoms with Gasteiger partial charge in [-0.25, -0.2) is 0 Å². The summed E-state index contributed by atoms with van der Waals surface area (Å²) >= 11 is 6.93. The molecule has 0 saturated heterocycles. The average Bonchev–Trinajstić information content (AvgIpc) is 3.22.